The fourth-order valence-corrected chi connectivity index (χ4v) is 2.73. The number of carbonyl (C=O) groups excluding carboxylic acids is 3. The highest BCUT2D eigenvalue weighted by Crippen LogP contribution is 2.24. The first-order valence-corrected chi connectivity index (χ1v) is 7.57. The van der Waals surface area contributed by atoms with E-state index in [4.69, 9.17) is 4.74 Å². The fourth-order valence-electron chi connectivity index (χ4n) is 2.73. The molecule has 0 aromatic carbocycles. The minimum absolute atomic E-state index is 0.0644. The summed E-state index contributed by atoms with van der Waals surface area (Å²) in [7, 11) is 0. The molecule has 2 rings (SSSR count). The van der Waals surface area contributed by atoms with Crippen LogP contribution in [-0.4, -0.2) is 59.4 Å². The predicted molar refractivity (Wildman–Crippen MR) is 76.7 cm³/mol. The average molecular weight is 296 g/mol. The molecule has 1 saturated carbocycles. The smallest absolute Gasteiger partial charge is 0.410 e. The minimum Gasteiger partial charge on any atom is -0.444 e. The van der Waals surface area contributed by atoms with E-state index in [0.29, 0.717) is 39.0 Å². The van der Waals surface area contributed by atoms with Crippen molar-refractivity contribution >= 4 is 17.8 Å². The van der Waals surface area contributed by atoms with E-state index >= 15 is 0 Å². The van der Waals surface area contributed by atoms with Gasteiger partial charge in [0.05, 0.1) is 5.92 Å². The van der Waals surface area contributed by atoms with E-state index in [2.05, 4.69) is 0 Å². The second-order valence-electron chi connectivity index (χ2n) is 6.70. The third-order valence-corrected chi connectivity index (χ3v) is 3.85. The molecule has 1 heterocycles. The van der Waals surface area contributed by atoms with Gasteiger partial charge in [-0.25, -0.2) is 4.79 Å². The lowest BCUT2D eigenvalue weighted by molar-refractivity contribution is -0.141. The van der Waals surface area contributed by atoms with Gasteiger partial charge in [-0.2, -0.15) is 0 Å². The van der Waals surface area contributed by atoms with Crippen molar-refractivity contribution in [1.29, 1.82) is 0 Å². The molecule has 2 fully saturated rings. The van der Waals surface area contributed by atoms with Crippen LogP contribution in [0.25, 0.3) is 0 Å². The number of hydrogen-bond acceptors (Lipinski definition) is 4. The van der Waals surface area contributed by atoms with Crippen molar-refractivity contribution in [3.63, 3.8) is 0 Å². The van der Waals surface area contributed by atoms with Gasteiger partial charge >= 0.3 is 6.09 Å². The molecule has 1 aliphatic carbocycles. The monoisotopic (exact) mass is 296 g/mol. The standard InChI is InChI=1S/C15H24N2O4/c1-15(2,3)21-14(20)17-9-7-16(8-10-17)13(19)11-5-4-6-12(11)18/h11H,4-10H2,1-3H3. The lowest BCUT2D eigenvalue weighted by Crippen LogP contribution is -2.53. The highest BCUT2D eigenvalue weighted by molar-refractivity contribution is 6.02. The van der Waals surface area contributed by atoms with Crippen molar-refractivity contribution in [3.05, 3.63) is 0 Å². The van der Waals surface area contributed by atoms with E-state index < -0.39 is 11.5 Å². The van der Waals surface area contributed by atoms with Gasteiger partial charge in [0, 0.05) is 32.6 Å². The Bertz CT molecular complexity index is 433. The first-order valence-electron chi connectivity index (χ1n) is 7.57. The Labute approximate surface area is 125 Å². The first-order chi connectivity index (χ1) is 9.78. The van der Waals surface area contributed by atoms with Gasteiger partial charge in [-0.3, -0.25) is 9.59 Å². The van der Waals surface area contributed by atoms with Gasteiger partial charge < -0.3 is 14.5 Å². The molecule has 1 aliphatic heterocycles. The molecule has 0 bridgehead atoms. The van der Waals surface area contributed by atoms with E-state index in [1.807, 2.05) is 20.8 Å². The number of ketones is 1. The van der Waals surface area contributed by atoms with Crippen LogP contribution < -0.4 is 0 Å². The first kappa shape index (κ1) is 15.8. The Balaban J connectivity index is 1.84. The summed E-state index contributed by atoms with van der Waals surface area (Å²) >= 11 is 0. The van der Waals surface area contributed by atoms with Crippen molar-refractivity contribution in [2.75, 3.05) is 26.2 Å². The van der Waals surface area contributed by atoms with E-state index in [9.17, 15) is 14.4 Å². The van der Waals surface area contributed by atoms with Crippen molar-refractivity contribution in [1.82, 2.24) is 9.80 Å². The molecule has 6 heteroatoms. The molecule has 118 valence electrons. The molecule has 0 N–H and O–H groups in total. The number of hydrogen-bond donors (Lipinski definition) is 0. The zero-order valence-electron chi connectivity index (χ0n) is 13.1. The molecule has 0 aromatic rings. The van der Waals surface area contributed by atoms with Gasteiger partial charge in [0.1, 0.15) is 11.4 Å². The lowest BCUT2D eigenvalue weighted by atomic mass is 10.1. The van der Waals surface area contributed by atoms with E-state index in [0.717, 1.165) is 6.42 Å². The number of ether oxygens (including phenoxy) is 1. The SMILES string of the molecule is CC(C)(C)OC(=O)N1CCN(C(=O)C2CCCC2=O)CC1. The van der Waals surface area contributed by atoms with E-state index in [-0.39, 0.29) is 17.8 Å². The van der Waals surface area contributed by atoms with Crippen molar-refractivity contribution in [3.8, 4) is 0 Å². The van der Waals surface area contributed by atoms with Gasteiger partial charge in [0.25, 0.3) is 0 Å². The number of carbonyl (C=O) groups is 3. The van der Waals surface area contributed by atoms with Crippen LogP contribution in [0.15, 0.2) is 0 Å². The molecule has 1 unspecified atom stereocenters. The summed E-state index contributed by atoms with van der Waals surface area (Å²) in [6, 6.07) is 0. The van der Waals surface area contributed by atoms with Crippen LogP contribution >= 0.6 is 0 Å². The van der Waals surface area contributed by atoms with Crippen molar-refractivity contribution < 1.29 is 19.1 Å². The summed E-state index contributed by atoms with van der Waals surface area (Å²) < 4.78 is 5.32. The second kappa shape index (κ2) is 6.03. The maximum Gasteiger partial charge on any atom is 0.410 e. The fraction of sp³-hybridized carbons (Fsp3) is 0.800. The molecule has 0 spiro atoms. The minimum atomic E-state index is -0.514. The second-order valence-corrected chi connectivity index (χ2v) is 6.70. The third kappa shape index (κ3) is 3.95. The topological polar surface area (TPSA) is 66.9 Å². The quantitative estimate of drug-likeness (QED) is 0.687. The van der Waals surface area contributed by atoms with E-state index in [1.165, 1.54) is 0 Å². The van der Waals surface area contributed by atoms with Gasteiger partial charge in [-0.05, 0) is 33.6 Å². The molecule has 21 heavy (non-hydrogen) atoms. The Morgan fingerprint density at radius 1 is 1.10 bits per heavy atom. The maximum atomic E-state index is 12.3. The predicted octanol–water partition coefficient (Wildman–Crippen LogP) is 1.43. The summed E-state index contributed by atoms with van der Waals surface area (Å²) in [4.78, 5) is 39.2. The van der Waals surface area contributed by atoms with Crippen LogP contribution in [0, 0.1) is 5.92 Å². The van der Waals surface area contributed by atoms with Gasteiger partial charge in [0.15, 0.2) is 0 Å². The zero-order valence-corrected chi connectivity index (χ0v) is 13.1. The Morgan fingerprint density at radius 3 is 2.14 bits per heavy atom. The molecule has 0 aromatic heterocycles. The van der Waals surface area contributed by atoms with Gasteiger partial charge in [-0.1, -0.05) is 0 Å². The summed E-state index contributed by atoms with van der Waals surface area (Å²) in [5, 5.41) is 0. The normalized spacial score (nSPS) is 23.4. The molecular weight excluding hydrogens is 272 g/mol. The summed E-state index contributed by atoms with van der Waals surface area (Å²) in [5.74, 6) is -0.450. The average Bonchev–Trinajstić information content (AvgIpc) is 2.82. The zero-order chi connectivity index (χ0) is 15.6. The van der Waals surface area contributed by atoms with Crippen LogP contribution in [0.2, 0.25) is 0 Å². The third-order valence-electron chi connectivity index (χ3n) is 3.85. The summed E-state index contributed by atoms with van der Waals surface area (Å²) in [6.45, 7) is 7.36. The van der Waals surface area contributed by atoms with Gasteiger partial charge in [-0.15, -0.1) is 0 Å². The highest BCUT2D eigenvalue weighted by Gasteiger charge is 2.36. The maximum absolute atomic E-state index is 12.3. The van der Waals surface area contributed by atoms with E-state index in [1.54, 1.807) is 9.80 Å². The van der Waals surface area contributed by atoms with Crippen LogP contribution in [0.3, 0.4) is 0 Å². The van der Waals surface area contributed by atoms with Crippen molar-refractivity contribution in [2.45, 2.75) is 45.6 Å². The van der Waals surface area contributed by atoms with Crippen LogP contribution in [-0.2, 0) is 14.3 Å². The summed E-state index contributed by atoms with van der Waals surface area (Å²) in [6.07, 6.45) is 1.66. The molecule has 6 nitrogen and oxygen atoms in total. The largest absolute Gasteiger partial charge is 0.444 e. The molecular formula is C15H24N2O4. The highest BCUT2D eigenvalue weighted by atomic mass is 16.6. The molecule has 1 saturated heterocycles. The number of nitrogens with zero attached hydrogens (tertiary/aromatic N) is 2. The number of Topliss-reactive ketones (excluding diaryl/α,β-unsaturated/α-hetero) is 1. The number of rotatable bonds is 1. The van der Waals surface area contributed by atoms with Crippen LogP contribution in [0.1, 0.15) is 40.0 Å². The number of piperazine rings is 1. The number of amides is 2. The Kier molecular flexibility index (Phi) is 4.54. The molecule has 1 atom stereocenters. The lowest BCUT2D eigenvalue weighted by Gasteiger charge is -2.36. The molecule has 0 radical (unpaired) electrons. The Hall–Kier alpha value is -1.59. The van der Waals surface area contributed by atoms with Gasteiger partial charge in [0.2, 0.25) is 5.91 Å². The summed E-state index contributed by atoms with van der Waals surface area (Å²) in [5.41, 5.74) is -0.514. The van der Waals surface area contributed by atoms with Crippen LogP contribution in [0.4, 0.5) is 4.79 Å². The molecule has 2 amide bonds. The molecule has 2 aliphatic rings. The van der Waals surface area contributed by atoms with Crippen molar-refractivity contribution in [2.24, 2.45) is 5.92 Å². The Morgan fingerprint density at radius 2 is 1.67 bits per heavy atom. The van der Waals surface area contributed by atoms with Crippen LogP contribution in [0.5, 0.6) is 0 Å².